The van der Waals surface area contributed by atoms with Crippen LogP contribution in [0.25, 0.3) is 0 Å². The molecular weight excluding hydrogens is 356 g/mol. The van der Waals surface area contributed by atoms with Crippen molar-refractivity contribution < 1.29 is 18.7 Å². The van der Waals surface area contributed by atoms with E-state index in [-0.39, 0.29) is 11.5 Å². The second-order valence-electron chi connectivity index (χ2n) is 6.19. The maximum atomic E-state index is 13.1. The molecule has 0 spiro atoms. The summed E-state index contributed by atoms with van der Waals surface area (Å²) in [6.45, 7) is 4.30. The van der Waals surface area contributed by atoms with Crippen LogP contribution in [-0.4, -0.2) is 24.5 Å². The fraction of sp³-hybridized carbons (Fsp3) is 0.182. The van der Waals surface area contributed by atoms with E-state index in [9.17, 15) is 9.59 Å². The van der Waals surface area contributed by atoms with E-state index in [1.54, 1.807) is 30.3 Å². The number of Topliss-reactive ketones (excluding diaryl/α,β-unsaturated/α-hetero) is 1. The van der Waals surface area contributed by atoms with E-state index in [1.165, 1.54) is 12.3 Å². The number of para-hydroxylation sites is 2. The van der Waals surface area contributed by atoms with Gasteiger partial charge in [-0.2, -0.15) is 0 Å². The first-order valence-electron chi connectivity index (χ1n) is 9.02. The molecule has 0 bridgehead atoms. The van der Waals surface area contributed by atoms with Gasteiger partial charge in [-0.05, 0) is 38.1 Å². The third kappa shape index (κ3) is 4.59. The van der Waals surface area contributed by atoms with Crippen molar-refractivity contribution in [1.29, 1.82) is 0 Å². The van der Waals surface area contributed by atoms with Crippen molar-refractivity contribution in [2.24, 2.45) is 0 Å². The fourth-order valence-corrected chi connectivity index (χ4v) is 2.68. The molecule has 0 radical (unpaired) electrons. The Morgan fingerprint density at radius 1 is 1.04 bits per heavy atom. The van der Waals surface area contributed by atoms with Crippen LogP contribution in [0, 0.1) is 6.92 Å². The van der Waals surface area contributed by atoms with Crippen LogP contribution in [-0.2, 0) is 0 Å². The van der Waals surface area contributed by atoms with Gasteiger partial charge in [0.25, 0.3) is 5.91 Å². The van der Waals surface area contributed by atoms with Crippen molar-refractivity contribution in [3.8, 4) is 5.75 Å². The van der Waals surface area contributed by atoms with Gasteiger partial charge in [-0.25, -0.2) is 0 Å². The molecule has 0 saturated heterocycles. The number of benzene rings is 2. The van der Waals surface area contributed by atoms with Crippen LogP contribution in [0.5, 0.6) is 5.75 Å². The van der Waals surface area contributed by atoms with Gasteiger partial charge >= 0.3 is 0 Å². The van der Waals surface area contributed by atoms with E-state index in [1.807, 2.05) is 38.1 Å². The van der Waals surface area contributed by atoms with E-state index >= 15 is 0 Å². The summed E-state index contributed by atoms with van der Waals surface area (Å²) in [7, 11) is 0. The molecule has 144 valence electrons. The van der Waals surface area contributed by atoms with Gasteiger partial charge in [0.2, 0.25) is 5.78 Å². The van der Waals surface area contributed by atoms with Crippen molar-refractivity contribution in [2.75, 3.05) is 11.9 Å². The third-order valence-corrected chi connectivity index (χ3v) is 4.11. The number of rotatable bonds is 8. The summed E-state index contributed by atoms with van der Waals surface area (Å²) in [5.41, 5.74) is 2.13. The lowest BCUT2D eigenvalue weighted by Gasteiger charge is -2.21. The molecule has 3 rings (SSSR count). The molecule has 2 aromatic carbocycles. The van der Waals surface area contributed by atoms with Crippen molar-refractivity contribution in [1.82, 2.24) is 5.32 Å². The van der Waals surface area contributed by atoms with Gasteiger partial charge < -0.3 is 19.8 Å². The van der Waals surface area contributed by atoms with Crippen LogP contribution in [0.2, 0.25) is 0 Å². The Balaban J connectivity index is 1.88. The largest absolute Gasteiger partial charge is 0.492 e. The van der Waals surface area contributed by atoms with Crippen molar-refractivity contribution >= 4 is 17.4 Å². The first kappa shape index (κ1) is 19.2. The topological polar surface area (TPSA) is 80.6 Å². The second kappa shape index (κ2) is 8.90. The molecule has 0 fully saturated rings. The molecular formula is C22H22N2O4. The van der Waals surface area contributed by atoms with Gasteiger partial charge in [-0.1, -0.05) is 42.0 Å². The number of carbonyl (C=O) groups is 2. The minimum Gasteiger partial charge on any atom is -0.492 e. The normalized spacial score (nSPS) is 11.5. The predicted molar refractivity (Wildman–Crippen MR) is 107 cm³/mol. The van der Waals surface area contributed by atoms with Crippen LogP contribution < -0.4 is 15.4 Å². The molecule has 1 heterocycles. The summed E-state index contributed by atoms with van der Waals surface area (Å²) < 4.78 is 10.7. The van der Waals surface area contributed by atoms with E-state index in [4.69, 9.17) is 9.15 Å². The van der Waals surface area contributed by atoms with E-state index < -0.39 is 12.1 Å². The number of ether oxygens (including phenoxy) is 1. The number of hydrogen-bond acceptors (Lipinski definition) is 5. The minimum atomic E-state index is -0.998. The quantitative estimate of drug-likeness (QED) is 0.457. The van der Waals surface area contributed by atoms with Crippen LogP contribution in [0.4, 0.5) is 5.69 Å². The average molecular weight is 378 g/mol. The van der Waals surface area contributed by atoms with E-state index in [0.29, 0.717) is 23.6 Å². The lowest BCUT2D eigenvalue weighted by Crippen LogP contribution is -2.46. The highest BCUT2D eigenvalue weighted by Crippen LogP contribution is 2.25. The zero-order chi connectivity index (χ0) is 19.9. The predicted octanol–water partition coefficient (Wildman–Crippen LogP) is 4.04. The third-order valence-electron chi connectivity index (χ3n) is 4.11. The smallest absolute Gasteiger partial charge is 0.288 e. The molecule has 1 atom stereocenters. The summed E-state index contributed by atoms with van der Waals surface area (Å²) in [4.78, 5) is 25.6. The van der Waals surface area contributed by atoms with Crippen molar-refractivity contribution in [3.05, 3.63) is 83.8 Å². The Hall–Kier alpha value is -3.54. The molecule has 0 aliphatic heterocycles. The molecule has 0 unspecified atom stereocenters. The summed E-state index contributed by atoms with van der Waals surface area (Å²) in [5, 5.41) is 5.79. The molecule has 0 aliphatic carbocycles. The SMILES string of the molecule is CCOc1ccccc1N[C@H](NC(=O)c1ccco1)C(=O)c1ccc(C)cc1. The molecule has 6 nitrogen and oxygen atoms in total. The van der Waals surface area contributed by atoms with Gasteiger partial charge in [0.15, 0.2) is 11.9 Å². The Bertz CT molecular complexity index is 933. The number of aryl methyl sites for hydroxylation is 1. The summed E-state index contributed by atoms with van der Waals surface area (Å²) in [6, 6.07) is 17.6. The van der Waals surface area contributed by atoms with Crippen LogP contribution >= 0.6 is 0 Å². The lowest BCUT2D eigenvalue weighted by molar-refractivity contribution is 0.0852. The monoisotopic (exact) mass is 378 g/mol. The highest BCUT2D eigenvalue weighted by atomic mass is 16.5. The highest BCUT2D eigenvalue weighted by Gasteiger charge is 2.24. The maximum absolute atomic E-state index is 13.1. The van der Waals surface area contributed by atoms with Gasteiger partial charge in [0, 0.05) is 5.56 Å². The standard InChI is InChI=1S/C22H22N2O4/c1-3-27-18-8-5-4-7-17(18)23-21(24-22(26)19-9-6-14-28-19)20(25)16-12-10-15(2)11-13-16/h4-14,21,23H,3H2,1-2H3,(H,24,26)/t21-/m1/s1. The van der Waals surface area contributed by atoms with Crippen LogP contribution in [0.1, 0.15) is 33.4 Å². The highest BCUT2D eigenvalue weighted by molar-refractivity contribution is 6.05. The zero-order valence-corrected chi connectivity index (χ0v) is 15.8. The van der Waals surface area contributed by atoms with E-state index in [2.05, 4.69) is 10.6 Å². The Labute approximate surface area is 163 Å². The average Bonchev–Trinajstić information content (AvgIpc) is 3.24. The number of furan rings is 1. The number of ketones is 1. The summed E-state index contributed by atoms with van der Waals surface area (Å²) in [5.74, 6) is -0.0383. The zero-order valence-electron chi connectivity index (χ0n) is 15.8. The molecule has 0 saturated carbocycles. The van der Waals surface area contributed by atoms with Crippen molar-refractivity contribution in [2.45, 2.75) is 20.0 Å². The second-order valence-corrected chi connectivity index (χ2v) is 6.19. The first-order valence-corrected chi connectivity index (χ1v) is 9.02. The number of amides is 1. The minimum absolute atomic E-state index is 0.126. The summed E-state index contributed by atoms with van der Waals surface area (Å²) in [6.07, 6.45) is 0.408. The molecule has 0 aliphatic rings. The van der Waals surface area contributed by atoms with Crippen LogP contribution in [0.3, 0.4) is 0 Å². The van der Waals surface area contributed by atoms with E-state index in [0.717, 1.165) is 5.56 Å². The molecule has 1 amide bonds. The first-order chi connectivity index (χ1) is 13.6. The molecule has 6 heteroatoms. The van der Waals surface area contributed by atoms with Gasteiger partial charge in [0.05, 0.1) is 18.6 Å². The van der Waals surface area contributed by atoms with Gasteiger partial charge in [-0.15, -0.1) is 0 Å². The maximum Gasteiger partial charge on any atom is 0.288 e. The lowest BCUT2D eigenvalue weighted by atomic mass is 10.1. The number of carbonyl (C=O) groups excluding carboxylic acids is 2. The molecule has 3 aromatic rings. The number of hydrogen-bond donors (Lipinski definition) is 2. The van der Waals surface area contributed by atoms with Gasteiger partial charge in [-0.3, -0.25) is 9.59 Å². The van der Waals surface area contributed by atoms with Gasteiger partial charge in [0.1, 0.15) is 5.75 Å². The molecule has 28 heavy (non-hydrogen) atoms. The van der Waals surface area contributed by atoms with Crippen LogP contribution in [0.15, 0.2) is 71.3 Å². The van der Waals surface area contributed by atoms with Crippen molar-refractivity contribution in [3.63, 3.8) is 0 Å². The fourth-order valence-electron chi connectivity index (χ4n) is 2.68. The Morgan fingerprint density at radius 3 is 2.46 bits per heavy atom. The molecule has 2 N–H and O–H groups in total. The number of anilines is 1. The number of nitrogens with one attached hydrogen (secondary N) is 2. The Morgan fingerprint density at radius 2 is 1.79 bits per heavy atom. The summed E-state index contributed by atoms with van der Waals surface area (Å²) >= 11 is 0. The Kier molecular flexibility index (Phi) is 6.11. The molecule has 1 aromatic heterocycles.